The summed E-state index contributed by atoms with van der Waals surface area (Å²) in [6.07, 6.45) is 0. The third-order valence-corrected chi connectivity index (χ3v) is 3.79. The fourth-order valence-electron chi connectivity index (χ4n) is 2.77. The molecule has 0 fully saturated rings. The molecule has 0 saturated heterocycles. The van der Waals surface area contributed by atoms with Crippen LogP contribution in [0.15, 0.2) is 46.8 Å². The van der Waals surface area contributed by atoms with E-state index in [2.05, 4.69) is 11.4 Å². The molecule has 0 saturated carbocycles. The Morgan fingerprint density at radius 2 is 2.12 bits per heavy atom. The lowest BCUT2D eigenvalue weighted by Crippen LogP contribution is -2.28. The van der Waals surface area contributed by atoms with E-state index in [1.165, 1.54) is 18.2 Å². The lowest BCUT2D eigenvalue weighted by Gasteiger charge is -2.28. The van der Waals surface area contributed by atoms with Crippen LogP contribution in [0.25, 0.3) is 0 Å². The molecule has 1 aromatic rings. The van der Waals surface area contributed by atoms with E-state index in [4.69, 9.17) is 4.74 Å². The first-order valence-electron chi connectivity index (χ1n) is 7.40. The van der Waals surface area contributed by atoms with Gasteiger partial charge in [-0.05, 0) is 26.3 Å². The van der Waals surface area contributed by atoms with E-state index in [0.29, 0.717) is 28.1 Å². The van der Waals surface area contributed by atoms with Gasteiger partial charge in [0.15, 0.2) is 0 Å². The van der Waals surface area contributed by atoms with E-state index < -0.39 is 16.8 Å². The number of carbonyl (C=O) groups excluding carboxylic acids is 1. The smallest absolute Gasteiger partial charge is 0.336 e. The number of nitrogens with one attached hydrogen (secondary N) is 1. The molecule has 1 aliphatic heterocycles. The molecule has 124 valence electrons. The molecule has 7 nitrogen and oxygen atoms in total. The first kappa shape index (κ1) is 17.2. The van der Waals surface area contributed by atoms with Crippen LogP contribution in [0, 0.1) is 21.4 Å². The predicted molar refractivity (Wildman–Crippen MR) is 86.6 cm³/mol. The topological polar surface area (TPSA) is 105 Å². The molecular weight excluding hydrogens is 310 g/mol. The Morgan fingerprint density at radius 1 is 1.42 bits per heavy atom. The number of nitro groups is 1. The minimum Gasteiger partial charge on any atom is -0.463 e. The SMILES string of the molecule is CCOC(=O)C1=C(C)NC(C)=C(C#N)[C@@H]1c1cccc([N+](=O)[O-])c1. The normalized spacial score (nSPS) is 17.2. The number of dihydropyridines is 1. The highest BCUT2D eigenvalue weighted by atomic mass is 16.6. The third-order valence-electron chi connectivity index (χ3n) is 3.79. The monoisotopic (exact) mass is 327 g/mol. The van der Waals surface area contributed by atoms with Gasteiger partial charge in [0.2, 0.25) is 0 Å². The van der Waals surface area contributed by atoms with Crippen molar-refractivity contribution in [3.05, 3.63) is 62.5 Å². The Balaban J connectivity index is 2.65. The number of esters is 1. The quantitative estimate of drug-likeness (QED) is 0.518. The zero-order valence-electron chi connectivity index (χ0n) is 13.6. The molecule has 2 rings (SSSR count). The predicted octanol–water partition coefficient (Wildman–Crippen LogP) is 2.92. The van der Waals surface area contributed by atoms with Gasteiger partial charge in [-0.15, -0.1) is 0 Å². The number of nitriles is 1. The molecule has 0 unspecified atom stereocenters. The summed E-state index contributed by atoms with van der Waals surface area (Å²) < 4.78 is 5.11. The van der Waals surface area contributed by atoms with E-state index in [-0.39, 0.29) is 12.3 Å². The molecule has 0 aromatic heterocycles. The maximum absolute atomic E-state index is 12.4. The summed E-state index contributed by atoms with van der Waals surface area (Å²) >= 11 is 0. The zero-order valence-corrected chi connectivity index (χ0v) is 13.6. The lowest BCUT2D eigenvalue weighted by atomic mass is 9.81. The van der Waals surface area contributed by atoms with E-state index in [9.17, 15) is 20.2 Å². The summed E-state index contributed by atoms with van der Waals surface area (Å²) in [5.74, 6) is -1.24. The number of allylic oxidation sites excluding steroid dienone is 3. The van der Waals surface area contributed by atoms with E-state index in [1.54, 1.807) is 26.8 Å². The van der Waals surface area contributed by atoms with Crippen molar-refractivity contribution in [3.8, 4) is 6.07 Å². The third kappa shape index (κ3) is 3.13. The standard InChI is InChI=1S/C17H17N3O4/c1-4-24-17(21)15-11(3)19-10(2)14(9-18)16(15)12-6-5-7-13(8-12)20(22)23/h5-8,16,19H,4H2,1-3H3/t16-/m0/s1. The Labute approximate surface area is 139 Å². The largest absolute Gasteiger partial charge is 0.463 e. The van der Waals surface area contributed by atoms with Gasteiger partial charge in [0, 0.05) is 23.5 Å². The van der Waals surface area contributed by atoms with Gasteiger partial charge in [-0.2, -0.15) is 5.26 Å². The number of nitrogens with zero attached hydrogens (tertiary/aromatic N) is 2. The highest BCUT2D eigenvalue weighted by Gasteiger charge is 2.34. The van der Waals surface area contributed by atoms with Crippen LogP contribution in [0.5, 0.6) is 0 Å². The van der Waals surface area contributed by atoms with Gasteiger partial charge in [0.25, 0.3) is 5.69 Å². The van der Waals surface area contributed by atoms with Gasteiger partial charge in [0.1, 0.15) is 0 Å². The minimum absolute atomic E-state index is 0.0955. The van der Waals surface area contributed by atoms with Crippen LogP contribution in [-0.4, -0.2) is 17.5 Å². The molecule has 1 aliphatic rings. The fraction of sp³-hybridized carbons (Fsp3) is 0.294. The first-order valence-corrected chi connectivity index (χ1v) is 7.40. The van der Waals surface area contributed by atoms with Crippen LogP contribution in [0.1, 0.15) is 32.3 Å². The molecule has 0 bridgehead atoms. The summed E-state index contributed by atoms with van der Waals surface area (Å²) in [6, 6.07) is 8.06. The number of hydrogen-bond acceptors (Lipinski definition) is 6. The van der Waals surface area contributed by atoms with E-state index in [1.807, 2.05) is 0 Å². The number of non-ortho nitro benzene ring substituents is 1. The van der Waals surface area contributed by atoms with Crippen LogP contribution in [0.4, 0.5) is 5.69 Å². The summed E-state index contributed by atoms with van der Waals surface area (Å²) in [5, 5.41) is 23.6. The number of carbonyl (C=O) groups is 1. The van der Waals surface area contributed by atoms with Crippen LogP contribution >= 0.6 is 0 Å². The van der Waals surface area contributed by atoms with E-state index >= 15 is 0 Å². The Bertz CT molecular complexity index is 802. The number of hydrogen-bond donors (Lipinski definition) is 1. The van der Waals surface area contributed by atoms with Gasteiger partial charge in [-0.25, -0.2) is 4.79 Å². The molecule has 0 radical (unpaired) electrons. The number of rotatable bonds is 4. The van der Waals surface area contributed by atoms with Crippen LogP contribution < -0.4 is 5.32 Å². The Hall–Kier alpha value is -3.14. The minimum atomic E-state index is -0.699. The van der Waals surface area contributed by atoms with Crippen molar-refractivity contribution in [1.82, 2.24) is 5.32 Å². The fourth-order valence-corrected chi connectivity index (χ4v) is 2.77. The Kier molecular flexibility index (Phi) is 4.99. The molecular formula is C17H17N3O4. The van der Waals surface area contributed by atoms with Gasteiger partial charge in [0.05, 0.1) is 34.7 Å². The molecule has 1 aromatic carbocycles. The van der Waals surface area contributed by atoms with Crippen molar-refractivity contribution in [1.29, 1.82) is 5.26 Å². The zero-order chi connectivity index (χ0) is 17.9. The summed E-state index contributed by atoms with van der Waals surface area (Å²) in [7, 11) is 0. The summed E-state index contributed by atoms with van der Waals surface area (Å²) in [5.41, 5.74) is 2.22. The van der Waals surface area contributed by atoms with Crippen molar-refractivity contribution < 1.29 is 14.5 Å². The molecule has 7 heteroatoms. The summed E-state index contributed by atoms with van der Waals surface area (Å²) in [6.45, 7) is 5.34. The van der Waals surface area contributed by atoms with Crippen LogP contribution in [0.3, 0.4) is 0 Å². The van der Waals surface area contributed by atoms with Crippen molar-refractivity contribution >= 4 is 11.7 Å². The van der Waals surface area contributed by atoms with Crippen molar-refractivity contribution in [2.24, 2.45) is 0 Å². The maximum atomic E-state index is 12.4. The first-order chi connectivity index (χ1) is 11.4. The van der Waals surface area contributed by atoms with Gasteiger partial charge in [-0.3, -0.25) is 10.1 Å². The molecule has 1 N–H and O–H groups in total. The van der Waals surface area contributed by atoms with Gasteiger partial charge in [-0.1, -0.05) is 12.1 Å². The molecule has 1 heterocycles. The molecule has 1 atom stereocenters. The van der Waals surface area contributed by atoms with Crippen LogP contribution in [0.2, 0.25) is 0 Å². The van der Waals surface area contributed by atoms with Crippen molar-refractivity contribution in [2.45, 2.75) is 26.7 Å². The highest BCUT2D eigenvalue weighted by Crippen LogP contribution is 2.39. The lowest BCUT2D eigenvalue weighted by molar-refractivity contribution is -0.384. The second-order valence-electron chi connectivity index (χ2n) is 5.32. The maximum Gasteiger partial charge on any atom is 0.336 e. The molecule has 0 aliphatic carbocycles. The van der Waals surface area contributed by atoms with Gasteiger partial charge < -0.3 is 10.1 Å². The van der Waals surface area contributed by atoms with Crippen LogP contribution in [-0.2, 0) is 9.53 Å². The second-order valence-corrected chi connectivity index (χ2v) is 5.32. The summed E-state index contributed by atoms with van der Waals surface area (Å²) in [4.78, 5) is 22.9. The molecule has 0 amide bonds. The Morgan fingerprint density at radius 3 is 2.71 bits per heavy atom. The second kappa shape index (κ2) is 6.96. The molecule has 0 spiro atoms. The number of nitro benzene ring substituents is 1. The number of ether oxygens (including phenoxy) is 1. The van der Waals surface area contributed by atoms with E-state index in [0.717, 1.165) is 0 Å². The van der Waals surface area contributed by atoms with Gasteiger partial charge >= 0.3 is 5.97 Å². The average molecular weight is 327 g/mol. The van der Waals surface area contributed by atoms with Crippen molar-refractivity contribution in [3.63, 3.8) is 0 Å². The number of benzene rings is 1. The molecule has 24 heavy (non-hydrogen) atoms. The average Bonchev–Trinajstić information content (AvgIpc) is 2.54. The highest BCUT2D eigenvalue weighted by molar-refractivity contribution is 5.93. The van der Waals surface area contributed by atoms with Crippen molar-refractivity contribution in [2.75, 3.05) is 6.61 Å².